The molecule has 0 N–H and O–H groups in total. The third-order valence-electron chi connectivity index (χ3n) is 3.97. The van der Waals surface area contributed by atoms with Gasteiger partial charge in [0.05, 0.1) is 12.3 Å². The van der Waals surface area contributed by atoms with Crippen molar-refractivity contribution in [2.75, 3.05) is 26.3 Å². The zero-order chi connectivity index (χ0) is 12.5. The van der Waals surface area contributed by atoms with Crippen molar-refractivity contribution in [3.63, 3.8) is 0 Å². The summed E-state index contributed by atoms with van der Waals surface area (Å²) in [5, 5.41) is 4.61. The highest BCUT2D eigenvalue weighted by Gasteiger charge is 2.31. The standard InChI is InChI=1S/C14H23N3O/c1-3-18-10-12-7-17(6-11-4-5-11)9-14-13(12)8-16(2)15-14/h8,11-12H,3-7,9-10H2,1-2H3/t12-/m1/s1. The Kier molecular flexibility index (Phi) is 3.39. The van der Waals surface area contributed by atoms with Gasteiger partial charge in [-0.05, 0) is 25.7 Å². The minimum absolute atomic E-state index is 0.501. The SMILES string of the molecule is CCOC[C@H]1CN(CC2CC2)Cc2nn(C)cc21. The molecule has 0 amide bonds. The Balaban J connectivity index is 1.73. The van der Waals surface area contributed by atoms with Gasteiger partial charge in [-0.2, -0.15) is 5.10 Å². The van der Waals surface area contributed by atoms with E-state index in [1.807, 2.05) is 11.7 Å². The van der Waals surface area contributed by atoms with Gasteiger partial charge in [0.2, 0.25) is 0 Å². The van der Waals surface area contributed by atoms with Gasteiger partial charge in [-0.1, -0.05) is 0 Å². The summed E-state index contributed by atoms with van der Waals surface area (Å²) >= 11 is 0. The fraction of sp³-hybridized carbons (Fsp3) is 0.786. The van der Waals surface area contributed by atoms with E-state index in [0.29, 0.717) is 5.92 Å². The van der Waals surface area contributed by atoms with Crippen molar-refractivity contribution in [3.05, 3.63) is 17.5 Å². The monoisotopic (exact) mass is 249 g/mol. The Bertz CT molecular complexity index is 411. The minimum Gasteiger partial charge on any atom is -0.381 e. The van der Waals surface area contributed by atoms with E-state index in [0.717, 1.165) is 32.2 Å². The molecule has 0 spiro atoms. The van der Waals surface area contributed by atoms with Crippen molar-refractivity contribution in [1.82, 2.24) is 14.7 Å². The number of nitrogens with zero attached hydrogens (tertiary/aromatic N) is 3. The zero-order valence-electron chi connectivity index (χ0n) is 11.4. The number of hydrogen-bond donors (Lipinski definition) is 0. The van der Waals surface area contributed by atoms with Crippen LogP contribution in [0.4, 0.5) is 0 Å². The highest BCUT2D eigenvalue weighted by Crippen LogP contribution is 2.33. The van der Waals surface area contributed by atoms with Gasteiger partial charge in [0.25, 0.3) is 0 Å². The first kappa shape index (κ1) is 12.2. The molecule has 1 aromatic rings. The molecule has 2 aliphatic rings. The highest BCUT2D eigenvalue weighted by atomic mass is 16.5. The molecule has 4 heteroatoms. The Morgan fingerprint density at radius 3 is 3.00 bits per heavy atom. The Morgan fingerprint density at radius 1 is 1.44 bits per heavy atom. The van der Waals surface area contributed by atoms with Crippen LogP contribution in [0.5, 0.6) is 0 Å². The van der Waals surface area contributed by atoms with Crippen LogP contribution in [0.1, 0.15) is 36.9 Å². The van der Waals surface area contributed by atoms with Crippen LogP contribution in [0.25, 0.3) is 0 Å². The summed E-state index contributed by atoms with van der Waals surface area (Å²) in [6.07, 6.45) is 5.01. The Morgan fingerprint density at radius 2 is 2.28 bits per heavy atom. The van der Waals surface area contributed by atoms with Crippen LogP contribution < -0.4 is 0 Å². The van der Waals surface area contributed by atoms with E-state index in [2.05, 4.69) is 23.1 Å². The first-order chi connectivity index (χ1) is 8.76. The van der Waals surface area contributed by atoms with Gasteiger partial charge in [0.15, 0.2) is 0 Å². The van der Waals surface area contributed by atoms with Crippen LogP contribution in [0.3, 0.4) is 0 Å². The van der Waals surface area contributed by atoms with Crippen molar-refractivity contribution < 1.29 is 4.74 Å². The zero-order valence-corrected chi connectivity index (χ0v) is 11.4. The van der Waals surface area contributed by atoms with Crippen molar-refractivity contribution in [1.29, 1.82) is 0 Å². The van der Waals surface area contributed by atoms with Crippen LogP contribution >= 0.6 is 0 Å². The average Bonchev–Trinajstić information content (AvgIpc) is 3.06. The Labute approximate surface area is 109 Å². The van der Waals surface area contributed by atoms with Crippen molar-refractivity contribution in [2.45, 2.75) is 32.2 Å². The molecule has 4 nitrogen and oxygen atoms in total. The molecule has 18 heavy (non-hydrogen) atoms. The van der Waals surface area contributed by atoms with Crippen LogP contribution in [-0.2, 0) is 18.3 Å². The van der Waals surface area contributed by atoms with E-state index in [1.54, 1.807) is 0 Å². The number of fused-ring (bicyclic) bond motifs is 1. The highest BCUT2D eigenvalue weighted by molar-refractivity contribution is 5.25. The van der Waals surface area contributed by atoms with Crippen molar-refractivity contribution in [2.24, 2.45) is 13.0 Å². The summed E-state index contributed by atoms with van der Waals surface area (Å²) in [6, 6.07) is 0. The second kappa shape index (κ2) is 5.02. The molecular weight excluding hydrogens is 226 g/mol. The topological polar surface area (TPSA) is 30.3 Å². The maximum atomic E-state index is 5.64. The Hall–Kier alpha value is -0.870. The summed E-state index contributed by atoms with van der Waals surface area (Å²) in [6.45, 7) is 7.10. The van der Waals surface area contributed by atoms with Crippen LogP contribution in [0, 0.1) is 5.92 Å². The second-order valence-corrected chi connectivity index (χ2v) is 5.70. The predicted molar refractivity (Wildman–Crippen MR) is 70.4 cm³/mol. The normalized spacial score (nSPS) is 24.2. The smallest absolute Gasteiger partial charge is 0.0800 e. The molecule has 1 aliphatic heterocycles. The summed E-state index contributed by atoms with van der Waals surface area (Å²) in [5.41, 5.74) is 2.66. The molecule has 1 atom stereocenters. The first-order valence-corrected chi connectivity index (χ1v) is 7.08. The van der Waals surface area contributed by atoms with E-state index in [-0.39, 0.29) is 0 Å². The van der Waals surface area contributed by atoms with Gasteiger partial charge >= 0.3 is 0 Å². The predicted octanol–water partition coefficient (Wildman–Crippen LogP) is 1.77. The van der Waals surface area contributed by atoms with E-state index >= 15 is 0 Å². The molecule has 100 valence electrons. The number of aryl methyl sites for hydroxylation is 1. The van der Waals surface area contributed by atoms with E-state index < -0.39 is 0 Å². The van der Waals surface area contributed by atoms with Gasteiger partial charge in [0, 0.05) is 51.0 Å². The summed E-state index contributed by atoms with van der Waals surface area (Å²) < 4.78 is 7.59. The molecule has 0 radical (unpaired) electrons. The quantitative estimate of drug-likeness (QED) is 0.796. The average molecular weight is 249 g/mol. The maximum Gasteiger partial charge on any atom is 0.0800 e. The summed E-state index contributed by atoms with van der Waals surface area (Å²) in [5.74, 6) is 1.45. The fourth-order valence-electron chi connectivity index (χ4n) is 2.91. The molecule has 2 heterocycles. The summed E-state index contributed by atoms with van der Waals surface area (Å²) in [4.78, 5) is 2.57. The van der Waals surface area contributed by atoms with Gasteiger partial charge < -0.3 is 4.74 Å². The lowest BCUT2D eigenvalue weighted by atomic mass is 9.95. The minimum atomic E-state index is 0.501. The lowest BCUT2D eigenvalue weighted by Crippen LogP contribution is -2.36. The van der Waals surface area contributed by atoms with Crippen LogP contribution in [-0.4, -0.2) is 41.0 Å². The van der Waals surface area contributed by atoms with E-state index in [9.17, 15) is 0 Å². The molecule has 1 aliphatic carbocycles. The van der Waals surface area contributed by atoms with E-state index in [1.165, 1.54) is 30.6 Å². The molecular formula is C14H23N3O. The maximum absolute atomic E-state index is 5.64. The van der Waals surface area contributed by atoms with Gasteiger partial charge in [-0.3, -0.25) is 9.58 Å². The fourth-order valence-corrected chi connectivity index (χ4v) is 2.91. The van der Waals surface area contributed by atoms with Gasteiger partial charge in [-0.25, -0.2) is 0 Å². The molecule has 0 saturated heterocycles. The third-order valence-corrected chi connectivity index (χ3v) is 3.97. The van der Waals surface area contributed by atoms with E-state index in [4.69, 9.17) is 4.74 Å². The molecule has 0 bridgehead atoms. The number of aromatic nitrogens is 2. The third kappa shape index (κ3) is 2.59. The molecule has 1 saturated carbocycles. The lowest BCUT2D eigenvalue weighted by molar-refractivity contribution is 0.105. The summed E-state index contributed by atoms with van der Waals surface area (Å²) in [7, 11) is 2.02. The van der Waals surface area contributed by atoms with Crippen molar-refractivity contribution >= 4 is 0 Å². The number of ether oxygens (including phenoxy) is 1. The largest absolute Gasteiger partial charge is 0.381 e. The van der Waals surface area contributed by atoms with Crippen LogP contribution in [0.15, 0.2) is 6.20 Å². The lowest BCUT2D eigenvalue weighted by Gasteiger charge is -2.31. The van der Waals surface area contributed by atoms with Gasteiger partial charge in [0.1, 0.15) is 0 Å². The number of rotatable bonds is 5. The van der Waals surface area contributed by atoms with Crippen molar-refractivity contribution in [3.8, 4) is 0 Å². The van der Waals surface area contributed by atoms with Gasteiger partial charge in [-0.15, -0.1) is 0 Å². The number of hydrogen-bond acceptors (Lipinski definition) is 3. The molecule has 1 fully saturated rings. The van der Waals surface area contributed by atoms with Crippen LogP contribution in [0.2, 0.25) is 0 Å². The molecule has 1 aromatic heterocycles. The molecule has 3 rings (SSSR count). The molecule has 0 unspecified atom stereocenters. The molecule has 0 aromatic carbocycles. The second-order valence-electron chi connectivity index (χ2n) is 5.70. The first-order valence-electron chi connectivity index (χ1n) is 7.08.